The molecule has 0 N–H and O–H groups in total. The highest BCUT2D eigenvalue weighted by Crippen LogP contribution is 2.49. The maximum absolute atomic E-state index is 6.98. The van der Waals surface area contributed by atoms with E-state index < -0.39 is 22.4 Å². The Hall–Kier alpha value is 0.274. The van der Waals surface area contributed by atoms with E-state index in [1.54, 1.807) is 0 Å². The van der Waals surface area contributed by atoms with Crippen molar-refractivity contribution in [3.05, 3.63) is 0 Å². The lowest BCUT2D eigenvalue weighted by molar-refractivity contribution is -0.356. The summed E-state index contributed by atoms with van der Waals surface area (Å²) in [5.41, 5.74) is 0. The molecule has 0 aromatic rings. The van der Waals surface area contributed by atoms with Gasteiger partial charge in [0.25, 0.3) is 0 Å². The Balaban J connectivity index is 2.29. The zero-order chi connectivity index (χ0) is 23.3. The van der Waals surface area contributed by atoms with Crippen molar-refractivity contribution in [2.75, 3.05) is 13.2 Å². The Kier molecular flexibility index (Phi) is 7.57. The van der Waals surface area contributed by atoms with E-state index >= 15 is 0 Å². The first-order chi connectivity index (χ1) is 13.4. The van der Waals surface area contributed by atoms with Crippen LogP contribution in [0.2, 0.25) is 36.3 Å². The lowest BCUT2D eigenvalue weighted by Crippen LogP contribution is -2.65. The Morgan fingerprint density at radius 1 is 0.767 bits per heavy atom. The molecule has 2 heterocycles. The van der Waals surface area contributed by atoms with Gasteiger partial charge < -0.3 is 18.3 Å². The molecular weight excluding hydrogens is 408 g/mol. The van der Waals surface area contributed by atoms with Crippen LogP contribution in [0.3, 0.4) is 0 Å². The van der Waals surface area contributed by atoms with Gasteiger partial charge in [-0.05, 0) is 42.7 Å². The molecule has 2 rings (SSSR count). The van der Waals surface area contributed by atoms with Crippen LogP contribution in [0.15, 0.2) is 0 Å². The van der Waals surface area contributed by atoms with Crippen LogP contribution in [0, 0.1) is 17.8 Å². The Labute approximate surface area is 189 Å². The van der Waals surface area contributed by atoms with E-state index in [1.807, 2.05) is 0 Å². The molecule has 6 atom stereocenters. The van der Waals surface area contributed by atoms with Crippen molar-refractivity contribution in [2.24, 2.45) is 17.8 Å². The third-order valence-electron chi connectivity index (χ3n) is 8.67. The fraction of sp³-hybridized carbons (Fsp3) is 1.00. The highest BCUT2D eigenvalue weighted by molar-refractivity contribution is 6.74. The first kappa shape index (κ1) is 26.5. The second-order valence-electron chi connectivity index (χ2n) is 13.0. The van der Waals surface area contributed by atoms with Crippen molar-refractivity contribution in [1.82, 2.24) is 0 Å². The van der Waals surface area contributed by atoms with Crippen molar-refractivity contribution in [3.8, 4) is 0 Å². The van der Waals surface area contributed by atoms with Crippen molar-refractivity contribution in [2.45, 2.75) is 123 Å². The van der Waals surface area contributed by atoms with Crippen molar-refractivity contribution >= 4 is 16.6 Å². The van der Waals surface area contributed by atoms with E-state index in [0.29, 0.717) is 19.1 Å². The minimum absolute atomic E-state index is 0.147. The summed E-state index contributed by atoms with van der Waals surface area (Å²) in [4.78, 5) is 0. The molecular formula is C24H50O4Si2. The molecule has 4 nitrogen and oxygen atoms in total. The molecule has 0 radical (unpaired) electrons. The Morgan fingerprint density at radius 2 is 1.27 bits per heavy atom. The summed E-state index contributed by atoms with van der Waals surface area (Å²) in [6, 6.07) is 0. The molecule has 0 saturated carbocycles. The Bertz CT molecular complexity index is 593. The highest BCUT2D eigenvalue weighted by atomic mass is 28.4. The molecule has 0 amide bonds. The van der Waals surface area contributed by atoms with Crippen LogP contribution in [0.25, 0.3) is 0 Å². The van der Waals surface area contributed by atoms with E-state index in [0.717, 1.165) is 6.42 Å². The topological polar surface area (TPSA) is 36.9 Å². The van der Waals surface area contributed by atoms with Gasteiger partial charge in [-0.15, -0.1) is 0 Å². The van der Waals surface area contributed by atoms with Crippen LogP contribution in [0.5, 0.6) is 0 Å². The largest absolute Gasteiger partial charge is 0.413 e. The predicted molar refractivity (Wildman–Crippen MR) is 131 cm³/mol. The average molecular weight is 459 g/mol. The van der Waals surface area contributed by atoms with Gasteiger partial charge in [0.1, 0.15) is 0 Å². The summed E-state index contributed by atoms with van der Waals surface area (Å²) in [6.07, 6.45) is 1.26. The van der Waals surface area contributed by atoms with E-state index in [-0.39, 0.29) is 34.1 Å². The molecule has 2 aliphatic rings. The van der Waals surface area contributed by atoms with Crippen LogP contribution in [-0.2, 0) is 18.3 Å². The van der Waals surface area contributed by atoms with Gasteiger partial charge in [0.2, 0.25) is 0 Å². The van der Waals surface area contributed by atoms with E-state index in [1.165, 1.54) is 0 Å². The van der Waals surface area contributed by atoms with Crippen LogP contribution >= 0.6 is 0 Å². The highest BCUT2D eigenvalue weighted by Gasteiger charge is 2.58. The van der Waals surface area contributed by atoms with Crippen molar-refractivity contribution < 1.29 is 18.3 Å². The summed E-state index contributed by atoms with van der Waals surface area (Å²) >= 11 is 0. The second kappa shape index (κ2) is 8.56. The van der Waals surface area contributed by atoms with Crippen LogP contribution in [-0.4, -0.2) is 47.8 Å². The molecule has 0 aromatic carbocycles. The standard InChI is InChI=1S/C24H50O4Si2/c1-17-16-26-24(19(3)21(17)28-30(12,13)23(7,8)9)18(2)20(14-15-25-24)27-29(10,11)22(4,5)6/h17-21H,14-16H2,1-13H3/t17-,18+,19-,20-,21-,24-/m1/s1. The van der Waals surface area contributed by atoms with E-state index in [2.05, 4.69) is 88.5 Å². The first-order valence-corrected chi connectivity index (χ1v) is 17.8. The second-order valence-corrected chi connectivity index (χ2v) is 22.5. The smallest absolute Gasteiger partial charge is 0.192 e. The van der Waals surface area contributed by atoms with Crippen LogP contribution in [0.4, 0.5) is 0 Å². The number of hydrogen-bond donors (Lipinski definition) is 0. The maximum atomic E-state index is 6.98. The molecule has 2 saturated heterocycles. The fourth-order valence-electron chi connectivity index (χ4n) is 4.36. The van der Waals surface area contributed by atoms with Crippen molar-refractivity contribution in [1.29, 1.82) is 0 Å². The molecule has 1 spiro atoms. The molecule has 0 aliphatic carbocycles. The lowest BCUT2D eigenvalue weighted by atomic mass is 9.75. The normalized spacial score (nSPS) is 36.9. The SMILES string of the molecule is C[C@@H]1CO[C@@]2(OCC[C@@H](O[Si](C)(C)C(C)(C)C)[C@@H]2C)[C@H](C)[C@@H]1O[Si](C)(C)C(C)(C)C. The third-order valence-corrected chi connectivity index (χ3v) is 17.6. The number of hydrogen-bond acceptors (Lipinski definition) is 4. The van der Waals surface area contributed by atoms with Gasteiger partial charge in [0, 0.05) is 17.8 Å². The number of ether oxygens (including phenoxy) is 2. The summed E-state index contributed by atoms with van der Waals surface area (Å²) in [7, 11) is -3.76. The minimum atomic E-state index is -1.89. The quantitative estimate of drug-likeness (QED) is 0.433. The summed E-state index contributed by atoms with van der Waals surface area (Å²) in [6.45, 7) is 31.4. The summed E-state index contributed by atoms with van der Waals surface area (Å²) < 4.78 is 26.9. The molecule has 6 heteroatoms. The molecule has 0 unspecified atom stereocenters. The van der Waals surface area contributed by atoms with Gasteiger partial charge in [-0.2, -0.15) is 0 Å². The van der Waals surface area contributed by atoms with E-state index in [9.17, 15) is 0 Å². The van der Waals surface area contributed by atoms with Gasteiger partial charge in [-0.1, -0.05) is 62.3 Å². The molecule has 30 heavy (non-hydrogen) atoms. The number of rotatable bonds is 4. The monoisotopic (exact) mass is 458 g/mol. The third kappa shape index (κ3) is 4.94. The van der Waals surface area contributed by atoms with Crippen LogP contribution in [0.1, 0.15) is 68.7 Å². The van der Waals surface area contributed by atoms with Gasteiger partial charge >= 0.3 is 0 Å². The zero-order valence-corrected chi connectivity index (χ0v) is 24.1. The molecule has 2 aliphatic heterocycles. The van der Waals surface area contributed by atoms with Crippen molar-refractivity contribution in [3.63, 3.8) is 0 Å². The van der Waals surface area contributed by atoms with Gasteiger partial charge in [0.05, 0.1) is 25.4 Å². The lowest BCUT2D eigenvalue weighted by Gasteiger charge is -2.57. The Morgan fingerprint density at radius 3 is 1.77 bits per heavy atom. The zero-order valence-electron chi connectivity index (χ0n) is 22.1. The molecule has 2 fully saturated rings. The van der Waals surface area contributed by atoms with Gasteiger partial charge in [-0.25, -0.2) is 0 Å². The fourth-order valence-corrected chi connectivity index (χ4v) is 7.26. The summed E-state index contributed by atoms with van der Waals surface area (Å²) in [5, 5.41) is 0.380. The molecule has 0 bridgehead atoms. The van der Waals surface area contributed by atoms with Gasteiger partial charge in [-0.3, -0.25) is 0 Å². The van der Waals surface area contributed by atoms with Gasteiger partial charge in [0.15, 0.2) is 22.4 Å². The average Bonchev–Trinajstić information content (AvgIpc) is 2.56. The predicted octanol–water partition coefficient (Wildman–Crippen LogP) is 6.82. The minimum Gasteiger partial charge on any atom is -0.413 e. The summed E-state index contributed by atoms with van der Waals surface area (Å²) in [5.74, 6) is 0.0759. The molecule has 178 valence electrons. The van der Waals surface area contributed by atoms with E-state index in [4.69, 9.17) is 18.3 Å². The first-order valence-electron chi connectivity index (χ1n) is 12.0. The maximum Gasteiger partial charge on any atom is 0.192 e. The van der Waals surface area contributed by atoms with Crippen LogP contribution < -0.4 is 0 Å². The molecule has 0 aromatic heterocycles.